The van der Waals surface area contributed by atoms with Gasteiger partial charge in [-0.1, -0.05) is 30.3 Å². The Bertz CT molecular complexity index is 1050. The number of alkyl carbamates (subject to hydrolysis) is 1. The summed E-state index contributed by atoms with van der Waals surface area (Å²) in [6, 6.07) is 7.97. The van der Waals surface area contributed by atoms with Crippen LogP contribution in [0.25, 0.3) is 0 Å². The van der Waals surface area contributed by atoms with Crippen molar-refractivity contribution in [2.45, 2.75) is 77.7 Å². The molecule has 1 aromatic carbocycles. The highest BCUT2D eigenvalue weighted by Crippen LogP contribution is 2.26. The normalized spacial score (nSPS) is 21.8. The lowest BCUT2D eigenvalue weighted by Gasteiger charge is -2.45. The molecule has 1 aromatic rings. The molecule has 220 valence electrons. The van der Waals surface area contributed by atoms with Gasteiger partial charge < -0.3 is 39.6 Å². The van der Waals surface area contributed by atoms with E-state index in [9.17, 15) is 28.8 Å². The Labute approximate surface area is 231 Å². The lowest BCUT2D eigenvalue weighted by molar-refractivity contribution is -0.228. The van der Waals surface area contributed by atoms with E-state index in [-0.39, 0.29) is 32.6 Å². The van der Waals surface area contributed by atoms with Gasteiger partial charge in [0.2, 0.25) is 11.8 Å². The largest absolute Gasteiger partial charge is 0.463 e. The van der Waals surface area contributed by atoms with E-state index >= 15 is 0 Å². The lowest BCUT2D eigenvalue weighted by atomic mass is 9.95. The van der Waals surface area contributed by atoms with Crippen molar-refractivity contribution in [2.24, 2.45) is 0 Å². The molecule has 0 spiro atoms. The van der Waals surface area contributed by atoms with E-state index in [4.69, 9.17) is 23.7 Å². The Morgan fingerprint density at radius 3 is 2.08 bits per heavy atom. The minimum absolute atomic E-state index is 0.0498. The van der Waals surface area contributed by atoms with Crippen LogP contribution in [0, 0.1) is 0 Å². The molecular weight excluding hydrogens is 530 g/mol. The number of ether oxygens (including phenoxy) is 5. The van der Waals surface area contributed by atoms with Crippen molar-refractivity contribution >= 4 is 35.8 Å². The zero-order valence-corrected chi connectivity index (χ0v) is 22.8. The Hall–Kier alpha value is -4.20. The molecule has 0 aromatic heterocycles. The molecule has 40 heavy (non-hydrogen) atoms. The van der Waals surface area contributed by atoms with Crippen LogP contribution in [0.3, 0.4) is 0 Å². The summed E-state index contributed by atoms with van der Waals surface area (Å²) in [6.07, 6.45) is -5.40. The van der Waals surface area contributed by atoms with Gasteiger partial charge >= 0.3 is 24.0 Å². The molecule has 1 aliphatic heterocycles. The van der Waals surface area contributed by atoms with Crippen molar-refractivity contribution < 1.29 is 52.5 Å². The maximum absolute atomic E-state index is 12.7. The molecule has 14 nitrogen and oxygen atoms in total. The second-order valence-corrected chi connectivity index (χ2v) is 8.93. The number of nitrogens with one attached hydrogen (secondary N) is 3. The number of hydrogen-bond acceptors (Lipinski definition) is 11. The molecule has 5 atom stereocenters. The van der Waals surface area contributed by atoms with Crippen molar-refractivity contribution in [1.29, 1.82) is 0 Å². The lowest BCUT2D eigenvalue weighted by Crippen LogP contribution is -2.69. The maximum atomic E-state index is 12.7. The highest BCUT2D eigenvalue weighted by Gasteiger charge is 2.51. The molecule has 3 amide bonds. The van der Waals surface area contributed by atoms with E-state index in [0.29, 0.717) is 0 Å². The Kier molecular flexibility index (Phi) is 12.8. The standard InChI is InChI=1S/C26H35N3O11/c1-15(30)28-22-24(39-18(4)33)23(38-17(3)32)20(14-36-16(2)31)40-25(22)29-21(34)11-8-12-27-26(35)37-13-19-9-6-5-7-10-19/h5-7,9-10,20,22-25H,8,11-14H2,1-4H3,(H,27,35)(H,28,30)(H,29,34)/t20-,22+,23-,24-,25-/m1/s1. The topological polar surface area (TPSA) is 185 Å². The highest BCUT2D eigenvalue weighted by atomic mass is 16.6. The van der Waals surface area contributed by atoms with E-state index in [2.05, 4.69) is 16.0 Å². The second kappa shape index (κ2) is 16.0. The molecule has 0 bridgehead atoms. The smallest absolute Gasteiger partial charge is 0.407 e. The van der Waals surface area contributed by atoms with E-state index in [0.717, 1.165) is 26.3 Å². The Balaban J connectivity index is 2.03. The van der Waals surface area contributed by atoms with Crippen molar-refractivity contribution in [3.63, 3.8) is 0 Å². The van der Waals surface area contributed by atoms with E-state index in [1.165, 1.54) is 6.92 Å². The fraction of sp³-hybridized carbons (Fsp3) is 0.538. The SMILES string of the molecule is CC(=O)N[C@H]1[C@@H](OC(C)=O)[C@H](OC(C)=O)[C@@H](COC(C)=O)O[C@H]1NC(=O)CCCNC(=O)OCc1ccccc1. The van der Waals surface area contributed by atoms with Crippen molar-refractivity contribution in [1.82, 2.24) is 16.0 Å². The predicted molar refractivity (Wildman–Crippen MR) is 136 cm³/mol. The summed E-state index contributed by atoms with van der Waals surface area (Å²) in [4.78, 5) is 71.7. The van der Waals surface area contributed by atoms with Crippen LogP contribution in [0.4, 0.5) is 4.79 Å². The van der Waals surface area contributed by atoms with Crippen LogP contribution in [0.5, 0.6) is 0 Å². The van der Waals surface area contributed by atoms with Crippen LogP contribution in [-0.4, -0.2) is 79.5 Å². The molecule has 0 radical (unpaired) electrons. The summed E-state index contributed by atoms with van der Waals surface area (Å²) in [5, 5.41) is 7.72. The van der Waals surface area contributed by atoms with Gasteiger partial charge in [-0.3, -0.25) is 24.0 Å². The Morgan fingerprint density at radius 2 is 1.48 bits per heavy atom. The molecule has 1 fully saturated rings. The van der Waals surface area contributed by atoms with Crippen LogP contribution < -0.4 is 16.0 Å². The van der Waals surface area contributed by atoms with Crippen LogP contribution in [0.1, 0.15) is 46.1 Å². The molecule has 1 heterocycles. The van der Waals surface area contributed by atoms with Gasteiger partial charge in [-0.05, 0) is 12.0 Å². The first-order valence-electron chi connectivity index (χ1n) is 12.6. The molecule has 0 saturated carbocycles. The molecule has 0 aliphatic carbocycles. The minimum atomic E-state index is -1.29. The third kappa shape index (κ3) is 11.3. The van der Waals surface area contributed by atoms with Crippen LogP contribution in [0.2, 0.25) is 0 Å². The van der Waals surface area contributed by atoms with Crippen LogP contribution in [-0.2, 0) is 54.3 Å². The van der Waals surface area contributed by atoms with Crippen molar-refractivity contribution in [2.75, 3.05) is 13.2 Å². The quantitative estimate of drug-likeness (QED) is 0.182. The average molecular weight is 566 g/mol. The summed E-state index contributed by atoms with van der Waals surface area (Å²) in [5.74, 6) is -3.19. The first-order chi connectivity index (χ1) is 19.0. The first kappa shape index (κ1) is 32.0. The average Bonchev–Trinajstić information content (AvgIpc) is 2.87. The summed E-state index contributed by atoms with van der Waals surface area (Å²) in [6.45, 7) is 4.47. The number of esters is 3. The minimum Gasteiger partial charge on any atom is -0.463 e. The molecule has 14 heteroatoms. The predicted octanol–water partition coefficient (Wildman–Crippen LogP) is 0.465. The molecule has 0 unspecified atom stereocenters. The second-order valence-electron chi connectivity index (χ2n) is 8.93. The van der Waals surface area contributed by atoms with Crippen molar-refractivity contribution in [3.05, 3.63) is 35.9 Å². The van der Waals surface area contributed by atoms with E-state index in [1.54, 1.807) is 0 Å². The first-order valence-corrected chi connectivity index (χ1v) is 12.6. The number of carbonyl (C=O) groups is 6. The summed E-state index contributed by atoms with van der Waals surface area (Å²) >= 11 is 0. The van der Waals surface area contributed by atoms with Gasteiger partial charge in [-0.15, -0.1) is 0 Å². The Morgan fingerprint density at radius 1 is 0.825 bits per heavy atom. The summed E-state index contributed by atoms with van der Waals surface area (Å²) in [5.41, 5.74) is 0.827. The fourth-order valence-corrected chi connectivity index (χ4v) is 3.90. The third-order valence-electron chi connectivity index (χ3n) is 5.48. The van der Waals surface area contributed by atoms with Crippen LogP contribution >= 0.6 is 0 Å². The zero-order chi connectivity index (χ0) is 29.7. The molecule has 3 N–H and O–H groups in total. The van der Waals surface area contributed by atoms with Crippen LogP contribution in [0.15, 0.2) is 30.3 Å². The van der Waals surface area contributed by atoms with Gasteiger partial charge in [0.25, 0.3) is 0 Å². The molecular formula is C26H35N3O11. The number of amides is 3. The van der Waals surface area contributed by atoms with Crippen molar-refractivity contribution in [3.8, 4) is 0 Å². The number of benzene rings is 1. The van der Waals surface area contributed by atoms with Gasteiger partial charge in [-0.2, -0.15) is 0 Å². The van der Waals surface area contributed by atoms with Gasteiger partial charge in [0.05, 0.1) is 0 Å². The third-order valence-corrected chi connectivity index (χ3v) is 5.48. The van der Waals surface area contributed by atoms with Gasteiger partial charge in [0, 0.05) is 40.7 Å². The zero-order valence-electron chi connectivity index (χ0n) is 22.8. The fourth-order valence-electron chi connectivity index (χ4n) is 3.90. The van der Waals surface area contributed by atoms with E-state index in [1.807, 2.05) is 30.3 Å². The monoisotopic (exact) mass is 565 g/mol. The number of rotatable bonds is 12. The van der Waals surface area contributed by atoms with E-state index < -0.39 is 66.4 Å². The van der Waals surface area contributed by atoms with Gasteiger partial charge in [0.15, 0.2) is 18.4 Å². The summed E-state index contributed by atoms with van der Waals surface area (Å²) in [7, 11) is 0. The molecule has 2 rings (SSSR count). The van der Waals surface area contributed by atoms with Gasteiger partial charge in [0.1, 0.15) is 25.4 Å². The maximum Gasteiger partial charge on any atom is 0.407 e. The molecule has 1 saturated heterocycles. The number of carbonyl (C=O) groups excluding carboxylic acids is 6. The van der Waals surface area contributed by atoms with Gasteiger partial charge in [-0.25, -0.2) is 4.79 Å². The summed E-state index contributed by atoms with van der Waals surface area (Å²) < 4.78 is 26.7. The highest BCUT2D eigenvalue weighted by molar-refractivity contribution is 5.77. The molecule has 1 aliphatic rings. The number of hydrogen-bond donors (Lipinski definition) is 3.